The molecule has 2 aliphatic rings. The van der Waals surface area contributed by atoms with Crippen LogP contribution >= 0.6 is 0 Å². The second-order valence-electron chi connectivity index (χ2n) is 5.41. The van der Waals surface area contributed by atoms with Gasteiger partial charge in [-0.1, -0.05) is 24.3 Å². The molecule has 1 unspecified atom stereocenters. The molecule has 1 aromatic rings. The molecule has 1 fully saturated rings. The van der Waals surface area contributed by atoms with Gasteiger partial charge < -0.3 is 9.64 Å². The minimum atomic E-state index is -0.562. The van der Waals surface area contributed by atoms with E-state index in [0.717, 1.165) is 30.4 Å². The molecule has 0 radical (unpaired) electrons. The second kappa shape index (κ2) is 5.27. The first-order valence-corrected chi connectivity index (χ1v) is 7.27. The van der Waals surface area contributed by atoms with Gasteiger partial charge >= 0.3 is 5.97 Å². The molecule has 1 aliphatic heterocycles. The van der Waals surface area contributed by atoms with Gasteiger partial charge in [0, 0.05) is 12.5 Å². The largest absolute Gasteiger partial charge is 0.464 e. The molecule has 0 saturated heterocycles. The van der Waals surface area contributed by atoms with Crippen molar-refractivity contribution in [1.29, 1.82) is 0 Å². The molecule has 3 rings (SSSR count). The van der Waals surface area contributed by atoms with E-state index in [2.05, 4.69) is 0 Å². The van der Waals surface area contributed by atoms with Crippen LogP contribution in [0.25, 0.3) is 0 Å². The summed E-state index contributed by atoms with van der Waals surface area (Å²) in [5, 5.41) is 0. The van der Waals surface area contributed by atoms with E-state index in [9.17, 15) is 9.59 Å². The molecule has 1 saturated carbocycles. The molecule has 0 N–H and O–H groups in total. The molecule has 1 heterocycles. The summed E-state index contributed by atoms with van der Waals surface area (Å²) in [4.78, 5) is 26.4. The summed E-state index contributed by atoms with van der Waals surface area (Å²) in [6, 6.07) is 7.28. The Labute approximate surface area is 118 Å². The van der Waals surface area contributed by atoms with Gasteiger partial charge in [0.05, 0.1) is 6.61 Å². The summed E-state index contributed by atoms with van der Waals surface area (Å²) in [5.41, 5.74) is 2.07. The number of carbonyl (C=O) groups excluding carboxylic acids is 2. The topological polar surface area (TPSA) is 46.6 Å². The molecule has 1 amide bonds. The zero-order valence-corrected chi connectivity index (χ0v) is 11.7. The number of esters is 1. The first kappa shape index (κ1) is 13.2. The van der Waals surface area contributed by atoms with Gasteiger partial charge in [-0.25, -0.2) is 4.79 Å². The molecule has 0 aromatic heterocycles. The Morgan fingerprint density at radius 2 is 2.05 bits per heavy atom. The van der Waals surface area contributed by atoms with Crippen molar-refractivity contribution in [3.63, 3.8) is 0 Å². The van der Waals surface area contributed by atoms with E-state index < -0.39 is 6.04 Å². The van der Waals surface area contributed by atoms with Crippen molar-refractivity contribution < 1.29 is 14.3 Å². The number of ether oxygens (including phenoxy) is 1. The van der Waals surface area contributed by atoms with Crippen molar-refractivity contribution in [3.8, 4) is 0 Å². The third kappa shape index (κ3) is 2.30. The van der Waals surface area contributed by atoms with Crippen molar-refractivity contribution in [3.05, 3.63) is 35.4 Å². The van der Waals surface area contributed by atoms with Crippen LogP contribution in [0.1, 0.15) is 36.9 Å². The molecule has 1 atom stereocenters. The van der Waals surface area contributed by atoms with E-state index in [-0.39, 0.29) is 17.8 Å². The molecule has 1 aliphatic carbocycles. The zero-order chi connectivity index (χ0) is 14.1. The van der Waals surface area contributed by atoms with E-state index in [0.29, 0.717) is 13.2 Å². The summed E-state index contributed by atoms with van der Waals surface area (Å²) in [6.07, 6.45) is 2.71. The van der Waals surface area contributed by atoms with Crippen LogP contribution in [0, 0.1) is 5.92 Å². The van der Waals surface area contributed by atoms with E-state index in [1.807, 2.05) is 24.3 Å². The Kier molecular flexibility index (Phi) is 3.47. The minimum absolute atomic E-state index is 0.109. The highest BCUT2D eigenvalue weighted by molar-refractivity contribution is 5.88. The van der Waals surface area contributed by atoms with Crippen LogP contribution in [0.3, 0.4) is 0 Å². The molecule has 20 heavy (non-hydrogen) atoms. The number of amides is 1. The van der Waals surface area contributed by atoms with Crippen LogP contribution in [0.15, 0.2) is 24.3 Å². The lowest BCUT2D eigenvalue weighted by Gasteiger charge is -2.35. The highest BCUT2D eigenvalue weighted by Gasteiger charge is 2.42. The SMILES string of the molecule is CCOC(=O)C1c2ccccc2CCN1C(=O)C1CC1. The van der Waals surface area contributed by atoms with E-state index in [1.165, 1.54) is 0 Å². The smallest absolute Gasteiger partial charge is 0.333 e. The highest BCUT2D eigenvalue weighted by atomic mass is 16.5. The summed E-state index contributed by atoms with van der Waals surface area (Å²) >= 11 is 0. The molecule has 1 aromatic carbocycles. The van der Waals surface area contributed by atoms with Crippen molar-refractivity contribution in [2.24, 2.45) is 5.92 Å². The minimum Gasteiger partial charge on any atom is -0.464 e. The predicted octanol–water partition coefficient (Wildman–Crippen LogP) is 2.09. The molecule has 4 heteroatoms. The van der Waals surface area contributed by atoms with Crippen LogP contribution < -0.4 is 0 Å². The number of nitrogens with zero attached hydrogens (tertiary/aromatic N) is 1. The third-order valence-electron chi connectivity index (χ3n) is 4.00. The van der Waals surface area contributed by atoms with Crippen LogP contribution in [-0.4, -0.2) is 29.9 Å². The Balaban J connectivity index is 1.94. The van der Waals surface area contributed by atoms with Crippen molar-refractivity contribution in [2.75, 3.05) is 13.2 Å². The third-order valence-corrected chi connectivity index (χ3v) is 4.00. The van der Waals surface area contributed by atoms with Gasteiger partial charge in [-0.2, -0.15) is 0 Å². The number of carbonyl (C=O) groups is 2. The first-order valence-electron chi connectivity index (χ1n) is 7.27. The predicted molar refractivity (Wildman–Crippen MR) is 74.0 cm³/mol. The number of fused-ring (bicyclic) bond motifs is 1. The quantitative estimate of drug-likeness (QED) is 0.792. The summed E-state index contributed by atoms with van der Waals surface area (Å²) < 4.78 is 5.19. The molecule has 4 nitrogen and oxygen atoms in total. The lowest BCUT2D eigenvalue weighted by Crippen LogP contribution is -2.44. The highest BCUT2D eigenvalue weighted by Crippen LogP contribution is 2.37. The number of hydrogen-bond acceptors (Lipinski definition) is 3. The summed E-state index contributed by atoms with van der Waals surface area (Å²) in [7, 11) is 0. The van der Waals surface area contributed by atoms with Crippen LogP contribution in [0.4, 0.5) is 0 Å². The number of benzene rings is 1. The van der Waals surface area contributed by atoms with Gasteiger partial charge in [0.25, 0.3) is 0 Å². The molecular weight excluding hydrogens is 254 g/mol. The Hall–Kier alpha value is -1.84. The van der Waals surface area contributed by atoms with E-state index in [1.54, 1.807) is 11.8 Å². The maximum Gasteiger partial charge on any atom is 0.333 e. The van der Waals surface area contributed by atoms with Crippen molar-refractivity contribution in [1.82, 2.24) is 4.90 Å². The monoisotopic (exact) mass is 273 g/mol. The molecule has 106 valence electrons. The van der Waals surface area contributed by atoms with Gasteiger partial charge in [-0.05, 0) is 37.3 Å². The van der Waals surface area contributed by atoms with Gasteiger partial charge in [0.15, 0.2) is 6.04 Å². The van der Waals surface area contributed by atoms with Gasteiger partial charge in [-0.15, -0.1) is 0 Å². The van der Waals surface area contributed by atoms with Crippen LogP contribution in [0.5, 0.6) is 0 Å². The van der Waals surface area contributed by atoms with Crippen molar-refractivity contribution in [2.45, 2.75) is 32.2 Å². The Morgan fingerprint density at radius 3 is 2.75 bits per heavy atom. The maximum atomic E-state index is 12.4. The first-order chi connectivity index (χ1) is 9.72. The summed E-state index contributed by atoms with van der Waals surface area (Å²) in [6.45, 7) is 2.73. The average molecular weight is 273 g/mol. The second-order valence-corrected chi connectivity index (χ2v) is 5.41. The van der Waals surface area contributed by atoms with E-state index >= 15 is 0 Å². The van der Waals surface area contributed by atoms with Crippen LogP contribution in [0.2, 0.25) is 0 Å². The molecule has 0 bridgehead atoms. The fourth-order valence-corrected chi connectivity index (χ4v) is 2.84. The average Bonchev–Trinajstić information content (AvgIpc) is 3.30. The molecule has 0 spiro atoms. The Morgan fingerprint density at radius 1 is 1.30 bits per heavy atom. The number of rotatable bonds is 3. The van der Waals surface area contributed by atoms with E-state index in [4.69, 9.17) is 4.74 Å². The lowest BCUT2D eigenvalue weighted by atomic mass is 9.92. The van der Waals surface area contributed by atoms with Gasteiger partial charge in [-0.3, -0.25) is 4.79 Å². The van der Waals surface area contributed by atoms with Crippen molar-refractivity contribution >= 4 is 11.9 Å². The lowest BCUT2D eigenvalue weighted by molar-refractivity contribution is -0.156. The zero-order valence-electron chi connectivity index (χ0n) is 11.7. The Bertz CT molecular complexity index is 536. The standard InChI is InChI=1S/C16H19NO3/c1-2-20-16(19)14-13-6-4-3-5-11(13)9-10-17(14)15(18)12-7-8-12/h3-6,12,14H,2,7-10H2,1H3. The number of hydrogen-bond donors (Lipinski definition) is 0. The van der Waals surface area contributed by atoms with Gasteiger partial charge in [0.2, 0.25) is 5.91 Å². The maximum absolute atomic E-state index is 12.4. The summed E-state index contributed by atoms with van der Waals surface area (Å²) in [5.74, 6) is -0.0802. The van der Waals surface area contributed by atoms with Crippen LogP contribution in [-0.2, 0) is 20.7 Å². The fraction of sp³-hybridized carbons (Fsp3) is 0.500. The molecular formula is C16H19NO3. The van der Waals surface area contributed by atoms with Gasteiger partial charge in [0.1, 0.15) is 0 Å². The fourth-order valence-electron chi connectivity index (χ4n) is 2.84. The normalized spacial score (nSPS) is 21.2.